The number of benzene rings is 1. The van der Waals surface area contributed by atoms with Gasteiger partial charge in [0, 0.05) is 11.1 Å². The molecule has 1 rings (SSSR count). The fourth-order valence-corrected chi connectivity index (χ4v) is 1.27. The lowest BCUT2D eigenvalue weighted by Crippen LogP contribution is -1.93. The maximum Gasteiger partial charge on any atom is 0.161 e. The molecule has 0 saturated heterocycles. The topological polar surface area (TPSA) is 85.4 Å². The number of para-hydroxylation sites is 1. The van der Waals surface area contributed by atoms with Crippen LogP contribution < -0.4 is 0 Å². The first-order valence-corrected chi connectivity index (χ1v) is 6.66. The van der Waals surface area contributed by atoms with Gasteiger partial charge in [0.25, 0.3) is 0 Å². The zero-order valence-electron chi connectivity index (χ0n) is 12.8. The molecule has 5 heteroatoms. The summed E-state index contributed by atoms with van der Waals surface area (Å²) in [6.45, 7) is 7.07. The second-order valence-electron chi connectivity index (χ2n) is 3.73. The van der Waals surface area contributed by atoms with E-state index >= 15 is 0 Å². The van der Waals surface area contributed by atoms with Crippen molar-refractivity contribution in [3.05, 3.63) is 53.0 Å². The molecule has 0 spiro atoms. The number of aliphatic hydroxyl groups is 2. The highest BCUT2D eigenvalue weighted by atomic mass is 16.3. The maximum absolute atomic E-state index is 9.52. The summed E-state index contributed by atoms with van der Waals surface area (Å²) in [5.74, 6) is -0.324. The summed E-state index contributed by atoms with van der Waals surface area (Å²) < 4.78 is 0. The van der Waals surface area contributed by atoms with Crippen LogP contribution in [-0.4, -0.2) is 27.7 Å². The Bertz CT molecular complexity index is 554. The molecule has 0 amide bonds. The van der Waals surface area contributed by atoms with Crippen molar-refractivity contribution in [2.45, 2.75) is 27.7 Å². The minimum absolute atomic E-state index is 0.113. The van der Waals surface area contributed by atoms with Gasteiger partial charge in [0.15, 0.2) is 5.76 Å². The van der Waals surface area contributed by atoms with Gasteiger partial charge >= 0.3 is 0 Å². The Kier molecular flexibility index (Phi) is 9.00. The zero-order chi connectivity index (χ0) is 16.3. The summed E-state index contributed by atoms with van der Waals surface area (Å²) in [6.07, 6.45) is 4.30. The van der Waals surface area contributed by atoms with E-state index in [1.807, 2.05) is 13.8 Å². The van der Waals surface area contributed by atoms with Crippen molar-refractivity contribution in [3.63, 3.8) is 0 Å². The summed E-state index contributed by atoms with van der Waals surface area (Å²) in [5.41, 5.74) is 0.897. The van der Waals surface area contributed by atoms with Crippen LogP contribution in [0.1, 0.15) is 33.3 Å². The van der Waals surface area contributed by atoms with Gasteiger partial charge in [-0.2, -0.15) is 10.2 Å². The third-order valence-corrected chi connectivity index (χ3v) is 2.32. The van der Waals surface area contributed by atoms with E-state index in [9.17, 15) is 10.2 Å². The van der Waals surface area contributed by atoms with E-state index in [0.29, 0.717) is 11.1 Å². The molecule has 0 bridgehead atoms. The minimum atomic E-state index is -0.246. The number of phenolic OH excluding ortho intramolecular Hbond substituents is 1. The van der Waals surface area contributed by atoms with E-state index < -0.39 is 0 Å². The van der Waals surface area contributed by atoms with Gasteiger partial charge in [-0.15, -0.1) is 0 Å². The first kappa shape index (κ1) is 18.4. The zero-order valence-corrected chi connectivity index (χ0v) is 12.8. The highest BCUT2D eigenvalue weighted by Crippen LogP contribution is 2.13. The smallest absolute Gasteiger partial charge is 0.161 e. The fraction of sp³-hybridized carbons (Fsp3) is 0.250. The van der Waals surface area contributed by atoms with Gasteiger partial charge in [0.05, 0.1) is 12.4 Å². The Balaban J connectivity index is 0.00000191. The van der Waals surface area contributed by atoms with Gasteiger partial charge in [0.1, 0.15) is 11.5 Å². The lowest BCUT2D eigenvalue weighted by Gasteiger charge is -1.99. The Morgan fingerprint density at radius 3 is 2.24 bits per heavy atom. The third kappa shape index (κ3) is 6.42. The molecule has 0 atom stereocenters. The number of hydrogen-bond acceptors (Lipinski definition) is 5. The van der Waals surface area contributed by atoms with Gasteiger partial charge < -0.3 is 15.3 Å². The minimum Gasteiger partial charge on any atom is -0.509 e. The molecule has 0 unspecified atom stereocenters. The Morgan fingerprint density at radius 2 is 1.71 bits per heavy atom. The predicted molar refractivity (Wildman–Crippen MR) is 87.3 cm³/mol. The van der Waals surface area contributed by atoms with E-state index in [1.165, 1.54) is 19.4 Å². The van der Waals surface area contributed by atoms with Crippen LogP contribution in [0, 0.1) is 0 Å². The summed E-state index contributed by atoms with van der Waals surface area (Å²) in [5, 5.41) is 35.7. The molecule has 0 aliphatic carbocycles. The largest absolute Gasteiger partial charge is 0.509 e. The van der Waals surface area contributed by atoms with Gasteiger partial charge in [-0.05, 0) is 26.0 Å². The van der Waals surface area contributed by atoms with Gasteiger partial charge in [-0.25, -0.2) is 0 Å². The number of hydrogen-bond donors (Lipinski definition) is 3. The van der Waals surface area contributed by atoms with Crippen LogP contribution in [0.25, 0.3) is 0 Å². The van der Waals surface area contributed by atoms with Crippen LogP contribution in [0.15, 0.2) is 57.6 Å². The average Bonchev–Trinajstić information content (AvgIpc) is 2.50. The summed E-state index contributed by atoms with van der Waals surface area (Å²) in [4.78, 5) is 0. The van der Waals surface area contributed by atoms with Crippen molar-refractivity contribution in [2.24, 2.45) is 10.2 Å². The lowest BCUT2D eigenvalue weighted by atomic mass is 10.2. The van der Waals surface area contributed by atoms with E-state index in [4.69, 9.17) is 5.11 Å². The van der Waals surface area contributed by atoms with Crippen molar-refractivity contribution in [2.75, 3.05) is 0 Å². The summed E-state index contributed by atoms with van der Waals surface area (Å²) >= 11 is 0. The Labute approximate surface area is 125 Å². The number of allylic oxidation sites excluding steroid dienone is 3. The molecular weight excluding hydrogens is 268 g/mol. The Hall–Kier alpha value is -2.56. The summed E-state index contributed by atoms with van der Waals surface area (Å²) in [6, 6.07) is 6.72. The van der Waals surface area contributed by atoms with Crippen LogP contribution in [0.4, 0.5) is 0 Å². The van der Waals surface area contributed by atoms with Crippen molar-refractivity contribution in [1.29, 1.82) is 0 Å². The molecular formula is C16H22N2O3. The molecule has 0 radical (unpaired) electrons. The molecule has 114 valence electrons. The maximum atomic E-state index is 9.52. The molecule has 21 heavy (non-hydrogen) atoms. The monoisotopic (exact) mass is 290 g/mol. The average molecular weight is 290 g/mol. The standard InChI is InChI=1S/C14H16N2O3.C2H6/c1-3-11(14(19)10(2)17)8-15-16-9-12-6-4-5-7-13(12)18;1-2/h3-9,17-19H,1-2H3;1-2H3/b11-3-,14-10-,15-8+,16-9+;. The number of nitrogens with zero attached hydrogens (tertiary/aromatic N) is 2. The van der Waals surface area contributed by atoms with Gasteiger partial charge in [-0.1, -0.05) is 32.1 Å². The second-order valence-corrected chi connectivity index (χ2v) is 3.73. The molecule has 0 aliphatic rings. The lowest BCUT2D eigenvalue weighted by molar-refractivity contribution is 0.337. The van der Waals surface area contributed by atoms with Gasteiger partial charge in [-0.3, -0.25) is 0 Å². The predicted octanol–water partition coefficient (Wildman–Crippen LogP) is 4.12. The normalized spacial score (nSPS) is 13.0. The molecule has 0 heterocycles. The van der Waals surface area contributed by atoms with Gasteiger partial charge in [0.2, 0.25) is 0 Å². The molecule has 3 N–H and O–H groups in total. The van der Waals surface area contributed by atoms with Crippen molar-refractivity contribution >= 4 is 12.4 Å². The molecule has 0 aromatic heterocycles. The molecule has 0 aliphatic heterocycles. The van der Waals surface area contributed by atoms with Crippen LogP contribution in [0.2, 0.25) is 0 Å². The quantitative estimate of drug-likeness (QED) is 0.337. The van der Waals surface area contributed by atoms with Crippen molar-refractivity contribution < 1.29 is 15.3 Å². The van der Waals surface area contributed by atoms with E-state index in [-0.39, 0.29) is 17.3 Å². The first-order chi connectivity index (χ1) is 10.1. The van der Waals surface area contributed by atoms with E-state index in [1.54, 1.807) is 37.3 Å². The van der Waals surface area contributed by atoms with Crippen molar-refractivity contribution in [1.82, 2.24) is 0 Å². The number of phenols is 1. The molecule has 0 saturated carbocycles. The van der Waals surface area contributed by atoms with Crippen LogP contribution in [-0.2, 0) is 0 Å². The SMILES string of the molecule is C/C=C(/C=N/N=C/c1ccccc1O)C(\O)=C(/C)O.CC. The molecule has 1 aromatic rings. The molecule has 5 nitrogen and oxygen atoms in total. The highest BCUT2D eigenvalue weighted by Gasteiger charge is 2.02. The number of aromatic hydroxyl groups is 1. The van der Waals surface area contributed by atoms with Crippen LogP contribution >= 0.6 is 0 Å². The van der Waals surface area contributed by atoms with Crippen LogP contribution in [0.5, 0.6) is 5.75 Å². The second kappa shape index (κ2) is 10.3. The highest BCUT2D eigenvalue weighted by molar-refractivity contribution is 5.86. The van der Waals surface area contributed by atoms with E-state index in [2.05, 4.69) is 10.2 Å². The third-order valence-electron chi connectivity index (χ3n) is 2.32. The summed E-state index contributed by atoms with van der Waals surface area (Å²) in [7, 11) is 0. The molecule has 1 aromatic carbocycles. The van der Waals surface area contributed by atoms with E-state index in [0.717, 1.165) is 0 Å². The van der Waals surface area contributed by atoms with Crippen molar-refractivity contribution in [3.8, 4) is 5.75 Å². The first-order valence-electron chi connectivity index (χ1n) is 6.66. The fourth-order valence-electron chi connectivity index (χ4n) is 1.27. The number of aliphatic hydroxyl groups excluding tert-OH is 2. The van der Waals surface area contributed by atoms with Crippen LogP contribution in [0.3, 0.4) is 0 Å². The Morgan fingerprint density at radius 1 is 1.10 bits per heavy atom. The number of rotatable bonds is 4. The molecule has 0 fully saturated rings.